The summed E-state index contributed by atoms with van der Waals surface area (Å²) in [6.07, 6.45) is 0. The quantitative estimate of drug-likeness (QED) is 0.424. The Bertz CT molecular complexity index is 303. The second kappa shape index (κ2) is 2.02. The summed E-state index contributed by atoms with van der Waals surface area (Å²) in [6.45, 7) is 1.70. The smallest absolute Gasteiger partial charge is 0.257 e. The van der Waals surface area contributed by atoms with Crippen molar-refractivity contribution in [1.29, 1.82) is 5.41 Å². The van der Waals surface area contributed by atoms with Crippen molar-refractivity contribution < 1.29 is 5.21 Å². The minimum Gasteiger partial charge on any atom is -0.423 e. The van der Waals surface area contributed by atoms with Crippen LogP contribution >= 0.6 is 0 Å². The molecule has 0 amide bonds. The highest BCUT2D eigenvalue weighted by Crippen LogP contribution is 1.95. The zero-order valence-corrected chi connectivity index (χ0v) is 5.50. The maximum absolute atomic E-state index is 8.87. The molecule has 0 aliphatic carbocycles. The molecule has 0 saturated heterocycles. The number of hydrogen-bond donors (Lipinski definition) is 3. The van der Waals surface area contributed by atoms with Crippen molar-refractivity contribution in [3.05, 3.63) is 17.4 Å². The average molecular weight is 140 g/mol. The molecule has 0 unspecified atom stereocenters. The monoisotopic (exact) mass is 140 g/mol. The summed E-state index contributed by atoms with van der Waals surface area (Å²) in [7, 11) is 0. The Morgan fingerprint density at radius 3 is 2.90 bits per heavy atom. The summed E-state index contributed by atoms with van der Waals surface area (Å²) < 4.78 is 0.521. The lowest BCUT2D eigenvalue weighted by Crippen LogP contribution is -2.24. The van der Waals surface area contributed by atoms with Gasteiger partial charge in [0.05, 0.1) is 0 Å². The third kappa shape index (κ3) is 0.928. The molecule has 0 fully saturated rings. The third-order valence-electron chi connectivity index (χ3n) is 1.08. The molecule has 0 bridgehead atoms. The number of rotatable bonds is 0. The number of aryl methyl sites for hydroxylation is 1. The van der Waals surface area contributed by atoms with Crippen LogP contribution in [0.4, 0.5) is 5.82 Å². The van der Waals surface area contributed by atoms with Gasteiger partial charge in [-0.3, -0.25) is 5.41 Å². The van der Waals surface area contributed by atoms with Crippen molar-refractivity contribution in [3.63, 3.8) is 0 Å². The van der Waals surface area contributed by atoms with E-state index < -0.39 is 0 Å². The molecular formula is C5H8N4O. The molecule has 1 heterocycles. The van der Waals surface area contributed by atoms with Crippen LogP contribution in [0.5, 0.6) is 0 Å². The highest BCUT2D eigenvalue weighted by atomic mass is 16.5. The van der Waals surface area contributed by atoms with Crippen LogP contribution < -0.4 is 11.4 Å². The van der Waals surface area contributed by atoms with E-state index in [1.54, 1.807) is 6.92 Å². The van der Waals surface area contributed by atoms with Crippen LogP contribution in [0.25, 0.3) is 0 Å². The molecule has 10 heavy (non-hydrogen) atoms. The van der Waals surface area contributed by atoms with Crippen LogP contribution in [-0.2, 0) is 0 Å². The maximum Gasteiger partial charge on any atom is 0.257 e. The molecule has 1 aromatic rings. The van der Waals surface area contributed by atoms with Crippen LogP contribution in [0.15, 0.2) is 6.07 Å². The number of anilines is 1. The fraction of sp³-hybridized carbons (Fsp3) is 0.200. The first-order valence-electron chi connectivity index (χ1n) is 2.71. The van der Waals surface area contributed by atoms with E-state index in [0.717, 1.165) is 0 Å². The van der Waals surface area contributed by atoms with Crippen molar-refractivity contribution in [2.24, 2.45) is 0 Å². The zero-order chi connectivity index (χ0) is 7.72. The Morgan fingerprint density at radius 1 is 1.80 bits per heavy atom. The lowest BCUT2D eigenvalue weighted by atomic mass is 10.4. The van der Waals surface area contributed by atoms with Crippen molar-refractivity contribution in [3.8, 4) is 0 Å². The molecule has 0 atom stereocenters. The first-order chi connectivity index (χ1) is 4.61. The van der Waals surface area contributed by atoms with Gasteiger partial charge in [-0.2, -0.15) is 0 Å². The Balaban J connectivity index is 3.46. The van der Waals surface area contributed by atoms with E-state index in [4.69, 9.17) is 16.4 Å². The second-order valence-corrected chi connectivity index (χ2v) is 1.96. The van der Waals surface area contributed by atoms with Gasteiger partial charge in [0.2, 0.25) is 0 Å². The van der Waals surface area contributed by atoms with Gasteiger partial charge in [-0.25, -0.2) is 4.98 Å². The lowest BCUT2D eigenvalue weighted by molar-refractivity contribution is 0.171. The number of aromatic nitrogens is 2. The van der Waals surface area contributed by atoms with Crippen LogP contribution in [0.3, 0.4) is 0 Å². The van der Waals surface area contributed by atoms with Crippen molar-refractivity contribution >= 4 is 5.82 Å². The van der Waals surface area contributed by atoms with Gasteiger partial charge in [0, 0.05) is 11.8 Å². The normalized spacial score (nSPS) is 9.70. The number of nitrogens with one attached hydrogen (secondary N) is 1. The van der Waals surface area contributed by atoms with Gasteiger partial charge in [0.25, 0.3) is 5.62 Å². The van der Waals surface area contributed by atoms with E-state index in [1.807, 2.05) is 0 Å². The van der Waals surface area contributed by atoms with Crippen molar-refractivity contribution in [2.45, 2.75) is 6.92 Å². The van der Waals surface area contributed by atoms with Crippen molar-refractivity contribution in [2.75, 3.05) is 5.73 Å². The number of nitrogens with two attached hydrogens (primary N) is 1. The number of hydrogen-bond acceptors (Lipinski definition) is 4. The highest BCUT2D eigenvalue weighted by Gasteiger charge is 1.95. The zero-order valence-electron chi connectivity index (χ0n) is 5.50. The fourth-order valence-corrected chi connectivity index (χ4v) is 0.644. The predicted octanol–water partition coefficient (Wildman–Crippen LogP) is -0.510. The van der Waals surface area contributed by atoms with E-state index in [1.165, 1.54) is 6.07 Å². The summed E-state index contributed by atoms with van der Waals surface area (Å²) in [4.78, 5) is 3.63. The van der Waals surface area contributed by atoms with Gasteiger partial charge in [0.15, 0.2) is 0 Å². The lowest BCUT2D eigenvalue weighted by Gasteiger charge is -2.00. The van der Waals surface area contributed by atoms with Gasteiger partial charge in [-0.05, 0) is 6.92 Å². The van der Waals surface area contributed by atoms with Gasteiger partial charge >= 0.3 is 0 Å². The first-order valence-corrected chi connectivity index (χ1v) is 2.71. The third-order valence-corrected chi connectivity index (χ3v) is 1.08. The van der Waals surface area contributed by atoms with E-state index in [0.29, 0.717) is 10.4 Å². The molecule has 0 radical (unpaired) electrons. The Hall–Kier alpha value is -1.52. The van der Waals surface area contributed by atoms with E-state index in [2.05, 4.69) is 4.98 Å². The molecule has 0 saturated carbocycles. The molecule has 0 aromatic carbocycles. The minimum atomic E-state index is -0.252. The van der Waals surface area contributed by atoms with Gasteiger partial charge < -0.3 is 10.9 Å². The molecule has 0 aliphatic rings. The Labute approximate surface area is 57.2 Å². The van der Waals surface area contributed by atoms with Crippen LogP contribution in [0.2, 0.25) is 0 Å². The Kier molecular flexibility index (Phi) is 1.33. The average Bonchev–Trinajstić information content (AvgIpc) is 1.82. The van der Waals surface area contributed by atoms with Crippen LogP contribution in [0.1, 0.15) is 5.69 Å². The first kappa shape index (κ1) is 6.60. The molecular weight excluding hydrogens is 132 g/mol. The van der Waals surface area contributed by atoms with Crippen LogP contribution in [0, 0.1) is 12.3 Å². The number of nitrogen functional groups attached to an aromatic ring is 1. The van der Waals surface area contributed by atoms with Crippen LogP contribution in [-0.4, -0.2) is 14.9 Å². The maximum atomic E-state index is 8.87. The SMILES string of the molecule is Cc1cc(N)n(O)c(=N)n1. The molecule has 1 rings (SSSR count). The molecule has 4 N–H and O–H groups in total. The largest absolute Gasteiger partial charge is 0.423 e. The summed E-state index contributed by atoms with van der Waals surface area (Å²) in [5.41, 5.74) is 5.64. The minimum absolute atomic E-state index is 0.123. The predicted molar refractivity (Wildman–Crippen MR) is 34.4 cm³/mol. The Morgan fingerprint density at radius 2 is 2.40 bits per heavy atom. The summed E-state index contributed by atoms with van der Waals surface area (Å²) in [6, 6.07) is 1.48. The fourth-order valence-electron chi connectivity index (χ4n) is 0.644. The highest BCUT2D eigenvalue weighted by molar-refractivity contribution is 5.27. The summed E-state index contributed by atoms with van der Waals surface area (Å²) >= 11 is 0. The van der Waals surface area contributed by atoms with Crippen molar-refractivity contribution in [1.82, 2.24) is 9.71 Å². The molecule has 1 aromatic heterocycles. The standard InChI is InChI=1S/C5H8N4O/c1-3-2-4(6)9(10)5(7)8-3/h2,7,10H,6H2,1H3. The molecule has 5 nitrogen and oxygen atoms in total. The van der Waals surface area contributed by atoms with E-state index in [9.17, 15) is 0 Å². The number of nitrogens with zero attached hydrogens (tertiary/aromatic N) is 2. The van der Waals surface area contributed by atoms with E-state index >= 15 is 0 Å². The molecule has 54 valence electrons. The molecule has 0 spiro atoms. The van der Waals surface area contributed by atoms with Gasteiger partial charge in [-0.1, -0.05) is 0 Å². The van der Waals surface area contributed by atoms with Gasteiger partial charge in [-0.15, -0.1) is 4.73 Å². The molecule has 0 aliphatic heterocycles. The van der Waals surface area contributed by atoms with Gasteiger partial charge in [0.1, 0.15) is 5.82 Å². The summed E-state index contributed by atoms with van der Waals surface area (Å²) in [5.74, 6) is 0.123. The molecule has 5 heteroatoms. The second-order valence-electron chi connectivity index (χ2n) is 1.96. The summed E-state index contributed by atoms with van der Waals surface area (Å²) in [5, 5.41) is 15.9. The topological polar surface area (TPSA) is 87.9 Å². The van der Waals surface area contributed by atoms with E-state index in [-0.39, 0.29) is 11.4 Å².